The zero-order valence-corrected chi connectivity index (χ0v) is 36.6. The van der Waals surface area contributed by atoms with E-state index < -0.39 is 6.03 Å². The van der Waals surface area contributed by atoms with E-state index in [1.165, 1.54) is 30.4 Å². The van der Waals surface area contributed by atoms with E-state index in [0.29, 0.717) is 110 Å². The molecule has 1 heterocycles. The van der Waals surface area contributed by atoms with Crippen molar-refractivity contribution < 1.29 is 68.2 Å². The Morgan fingerprint density at radius 2 is 1.29 bits per heavy atom. The predicted octanol–water partition coefficient (Wildman–Crippen LogP) is 0.715. The second kappa shape index (κ2) is 37.7. The predicted molar refractivity (Wildman–Crippen MR) is 232 cm³/mol. The molecule has 5 amide bonds. The minimum absolute atomic E-state index is 0.125. The number of rotatable bonds is 36. The molecule has 1 aliphatic heterocycles. The lowest BCUT2D eigenvalue weighted by Crippen LogP contribution is -2.38. The van der Waals surface area contributed by atoms with Gasteiger partial charge in [0.2, 0.25) is 5.91 Å². The van der Waals surface area contributed by atoms with Gasteiger partial charge in [0.1, 0.15) is 0 Å². The highest BCUT2D eigenvalue weighted by atomic mass is 16.8. The maximum atomic E-state index is 12.0. The summed E-state index contributed by atoms with van der Waals surface area (Å²) in [6, 6.07) is 3.61. The number of aliphatic imine (C=N–C) groups is 1. The van der Waals surface area contributed by atoms with Crippen molar-refractivity contribution in [2.24, 2.45) is 15.9 Å². The largest absolute Gasteiger partial charge is 0.504 e. The average Bonchev–Trinajstić information content (AvgIpc) is 3.59. The smallest absolute Gasteiger partial charge is 0.319 e. The van der Waals surface area contributed by atoms with Crippen LogP contribution in [0, 0.1) is 0 Å². The Balaban J connectivity index is 0.00000374. The normalized spacial score (nSPS) is 12.7. The highest BCUT2D eigenvalue weighted by molar-refractivity contribution is 6.30. The van der Waals surface area contributed by atoms with Crippen LogP contribution >= 0.6 is 0 Å². The van der Waals surface area contributed by atoms with Gasteiger partial charge < -0.3 is 60.4 Å². The number of phenolic OH excluding ortho intramolecular Hbond substituents is 2. The minimum Gasteiger partial charge on any atom is -0.504 e. The molecule has 1 aromatic carbocycles. The molecule has 358 valence electrons. The molecule has 0 aromatic heterocycles. The first-order valence-corrected chi connectivity index (χ1v) is 21.0. The number of urea groups is 1. The van der Waals surface area contributed by atoms with E-state index in [1.54, 1.807) is 13.1 Å². The van der Waals surface area contributed by atoms with Crippen molar-refractivity contribution in [2.45, 2.75) is 39.5 Å². The van der Waals surface area contributed by atoms with Crippen LogP contribution in [0.5, 0.6) is 11.5 Å². The molecule has 9 N–H and O–H groups in total. The first kappa shape index (κ1) is 56.2. The minimum atomic E-state index is -0.417. The van der Waals surface area contributed by atoms with Crippen LogP contribution in [0.4, 0.5) is 10.5 Å². The second-order valence-electron chi connectivity index (χ2n) is 13.3. The maximum Gasteiger partial charge on any atom is 0.319 e. The molecule has 0 aliphatic carbocycles. The number of nitrogens with zero attached hydrogens (tertiary/aromatic N) is 5. The molecular weight excluding hydrogens is 830 g/mol. The molecule has 23 heteroatoms. The zero-order valence-electron chi connectivity index (χ0n) is 36.6. The van der Waals surface area contributed by atoms with Crippen molar-refractivity contribution in [2.75, 3.05) is 137 Å². The quantitative estimate of drug-likeness (QED) is 0.00875. The molecule has 0 spiro atoms. The third kappa shape index (κ3) is 30.8. The molecule has 0 unspecified atom stereocenters. The number of hydrazone groups is 1. The molecule has 63 heavy (non-hydrogen) atoms. The highest BCUT2D eigenvalue weighted by Gasteiger charge is 2.22. The van der Waals surface area contributed by atoms with Crippen LogP contribution in [0.25, 0.3) is 0 Å². The summed E-state index contributed by atoms with van der Waals surface area (Å²) in [6.07, 6.45) is 6.28. The number of ether oxygens (including phenoxy) is 6. The summed E-state index contributed by atoms with van der Waals surface area (Å²) >= 11 is 0. The second-order valence-corrected chi connectivity index (χ2v) is 13.3. The molecule has 0 radical (unpaired) electrons. The number of phenols is 2. The van der Waals surface area contributed by atoms with Crippen molar-refractivity contribution in [3.8, 4) is 11.5 Å². The molecule has 1 aliphatic rings. The van der Waals surface area contributed by atoms with Gasteiger partial charge in [0.15, 0.2) is 11.5 Å². The molecule has 0 saturated heterocycles. The first-order chi connectivity index (χ1) is 30.5. The van der Waals surface area contributed by atoms with E-state index in [4.69, 9.17) is 44.7 Å². The average molecular weight is 900 g/mol. The third-order valence-electron chi connectivity index (χ3n) is 8.50. The lowest BCUT2D eigenvalue weighted by atomic mass is 10.2. The summed E-state index contributed by atoms with van der Waals surface area (Å²) in [5.74, 6) is 3.94. The molecular formula is C40H69N9O14. The number of aromatic hydroxyl groups is 2. The fraction of sp³-hybridized carbons (Fsp3) is 0.650. The number of hydrogen-bond acceptors (Lipinski definition) is 19. The van der Waals surface area contributed by atoms with Crippen LogP contribution in [0.3, 0.4) is 0 Å². The molecule has 0 fully saturated rings. The maximum absolute atomic E-state index is 12.0. The van der Waals surface area contributed by atoms with Gasteiger partial charge in [-0.25, -0.2) is 4.79 Å². The molecule has 0 saturated carbocycles. The van der Waals surface area contributed by atoms with Gasteiger partial charge in [-0.3, -0.25) is 39.6 Å². The Kier molecular flexibility index (Phi) is 33.6. The number of unbranched alkanes of at least 4 members (excludes halogenated alkanes) is 1. The van der Waals surface area contributed by atoms with Gasteiger partial charge in [0.05, 0.1) is 91.5 Å². The van der Waals surface area contributed by atoms with Crippen LogP contribution in [-0.4, -0.2) is 203 Å². The molecule has 0 atom stereocenters. The van der Waals surface area contributed by atoms with E-state index in [9.17, 15) is 29.4 Å². The standard InChI is InChI=1S/C38H62N8O12.C2H7NO2/c1-2-45(15-19-55-23-27-57-25-21-53-17-10-35(49)41-12-14-46-36(50)8-9-37(46)51)16-20-56-24-28-58-26-22-54-18-13-40-30-32(44-39)5-3-4-11-42-38(52)43-31-6-7-33(47)34(48)29-31;1-2-3(4)5/h6-9,29-30,47-48H,2-5,10-28,39H2,1H3,(H,41,49)(H2,42,43,52);4-5H,2H2,1H3/b40-30?,44-32-;. The number of amides is 5. The number of hydroxylamine groups is 2. The van der Waals surface area contributed by atoms with E-state index in [1.807, 2.05) is 0 Å². The number of carbonyl (C=O) groups excluding carboxylic acids is 4. The number of nitrogens with two attached hydrogens (primary N) is 1. The Labute approximate surface area is 369 Å². The van der Waals surface area contributed by atoms with Crippen molar-refractivity contribution in [1.82, 2.24) is 25.7 Å². The molecule has 2 rings (SSSR count). The van der Waals surface area contributed by atoms with Gasteiger partial charge in [0.25, 0.3) is 11.8 Å². The van der Waals surface area contributed by atoms with Gasteiger partial charge in [-0.05, 0) is 44.9 Å². The third-order valence-corrected chi connectivity index (χ3v) is 8.50. The molecule has 0 bridgehead atoms. The summed E-state index contributed by atoms with van der Waals surface area (Å²) in [5.41, 5.74) is 1.01. The van der Waals surface area contributed by atoms with Crippen LogP contribution in [0.15, 0.2) is 40.4 Å². The van der Waals surface area contributed by atoms with Gasteiger partial charge >= 0.3 is 6.03 Å². The van der Waals surface area contributed by atoms with Gasteiger partial charge in [0, 0.05) is 75.8 Å². The van der Waals surface area contributed by atoms with Gasteiger partial charge in [-0.1, -0.05) is 12.2 Å². The van der Waals surface area contributed by atoms with Crippen LogP contribution < -0.4 is 21.8 Å². The summed E-state index contributed by atoms with van der Waals surface area (Å²) in [7, 11) is 0. The fourth-order valence-electron chi connectivity index (χ4n) is 4.97. The summed E-state index contributed by atoms with van der Waals surface area (Å²) in [4.78, 5) is 54.4. The number of benzene rings is 1. The van der Waals surface area contributed by atoms with Gasteiger partial charge in [-0.15, -0.1) is 0 Å². The van der Waals surface area contributed by atoms with Crippen LogP contribution in [0.2, 0.25) is 0 Å². The number of imide groups is 1. The van der Waals surface area contributed by atoms with E-state index in [2.05, 4.69) is 37.9 Å². The monoisotopic (exact) mass is 899 g/mol. The highest BCUT2D eigenvalue weighted by Crippen LogP contribution is 2.27. The lowest BCUT2D eigenvalue weighted by molar-refractivity contribution is -0.303. The van der Waals surface area contributed by atoms with Gasteiger partial charge in [-0.2, -0.15) is 5.10 Å². The zero-order chi connectivity index (χ0) is 46.3. The van der Waals surface area contributed by atoms with Crippen molar-refractivity contribution >= 4 is 41.4 Å². The molecule has 1 aromatic rings. The summed E-state index contributed by atoms with van der Waals surface area (Å²) in [6.45, 7) is 13.0. The Bertz CT molecular complexity index is 1490. The Morgan fingerprint density at radius 1 is 0.730 bits per heavy atom. The Hall–Kier alpha value is -4.82. The van der Waals surface area contributed by atoms with Crippen molar-refractivity contribution in [3.63, 3.8) is 0 Å². The fourth-order valence-corrected chi connectivity index (χ4v) is 4.97. The number of likely N-dealkylation sites (N-methyl/N-ethyl adjacent to an activating group) is 1. The number of anilines is 1. The van der Waals surface area contributed by atoms with E-state index in [-0.39, 0.29) is 67.1 Å². The number of carbonyl (C=O) groups is 4. The lowest BCUT2D eigenvalue weighted by Gasteiger charge is -2.20. The van der Waals surface area contributed by atoms with E-state index in [0.717, 1.165) is 31.0 Å². The number of nitrogens with one attached hydrogen (secondary N) is 3. The van der Waals surface area contributed by atoms with Crippen molar-refractivity contribution in [1.29, 1.82) is 0 Å². The Morgan fingerprint density at radius 3 is 1.83 bits per heavy atom. The summed E-state index contributed by atoms with van der Waals surface area (Å²) in [5, 5.41) is 46.2. The van der Waals surface area contributed by atoms with Crippen molar-refractivity contribution in [3.05, 3.63) is 30.4 Å². The molecule has 23 nitrogen and oxygen atoms in total. The number of hydrogen-bond donors (Lipinski definition) is 8. The van der Waals surface area contributed by atoms with E-state index >= 15 is 0 Å². The SMILES string of the molecule is CCN(CCOCCOCCOCCN=C/C(CCCCNC(=O)Nc1ccc(O)c(O)c1)=N\N)CCOCCOCCOCCC(=O)NCCN1C(=O)C=CC1=O.CCN(O)O. The first-order valence-electron chi connectivity index (χ1n) is 21.0. The van der Waals surface area contributed by atoms with Crippen LogP contribution in [0.1, 0.15) is 39.5 Å². The summed E-state index contributed by atoms with van der Waals surface area (Å²) < 4.78 is 33.4. The van der Waals surface area contributed by atoms with Crippen LogP contribution in [-0.2, 0) is 42.8 Å². The topological polar surface area (TPSA) is 301 Å².